The molecule has 0 aliphatic rings. The lowest BCUT2D eigenvalue weighted by Gasteiger charge is -2.21. The van der Waals surface area contributed by atoms with E-state index in [4.69, 9.17) is 4.74 Å². The van der Waals surface area contributed by atoms with E-state index in [1.807, 2.05) is 39.0 Å². The van der Waals surface area contributed by atoms with Crippen LogP contribution >= 0.6 is 15.9 Å². The van der Waals surface area contributed by atoms with Gasteiger partial charge in [0, 0.05) is 23.7 Å². The molecule has 1 rings (SSSR count). The number of carbonyl (C=O) groups is 1. The van der Waals surface area contributed by atoms with Gasteiger partial charge in [0.05, 0.1) is 4.47 Å². The fourth-order valence-corrected chi connectivity index (χ4v) is 2.28. The van der Waals surface area contributed by atoms with E-state index in [-0.39, 0.29) is 18.1 Å². The fourth-order valence-electron chi connectivity index (χ4n) is 1.76. The normalized spacial score (nSPS) is 11.6. The first-order valence-electron chi connectivity index (χ1n) is 7.13. The van der Waals surface area contributed by atoms with Crippen LogP contribution in [0.15, 0.2) is 22.7 Å². The summed E-state index contributed by atoms with van der Waals surface area (Å²) in [6.45, 7) is 10.7. The summed E-state index contributed by atoms with van der Waals surface area (Å²) in [7, 11) is 0. The van der Waals surface area contributed by atoms with Crippen molar-refractivity contribution in [1.29, 1.82) is 0 Å². The highest BCUT2D eigenvalue weighted by atomic mass is 79.9. The number of amides is 1. The predicted molar refractivity (Wildman–Crippen MR) is 89.5 cm³/mol. The van der Waals surface area contributed by atoms with E-state index >= 15 is 0 Å². The molecule has 1 aromatic rings. The molecule has 0 aliphatic carbocycles. The molecule has 0 radical (unpaired) electrons. The van der Waals surface area contributed by atoms with Gasteiger partial charge in [-0.05, 0) is 42.8 Å². The zero-order valence-electron chi connectivity index (χ0n) is 13.4. The van der Waals surface area contributed by atoms with E-state index in [9.17, 15) is 4.79 Å². The van der Waals surface area contributed by atoms with Crippen molar-refractivity contribution in [3.63, 3.8) is 0 Å². The lowest BCUT2D eigenvalue weighted by Crippen LogP contribution is -2.43. The number of hydrogen-bond donors (Lipinski definition) is 2. The molecule has 0 spiro atoms. The molecule has 0 heterocycles. The maximum atomic E-state index is 11.9. The number of para-hydroxylation sites is 1. The third kappa shape index (κ3) is 6.96. The Labute approximate surface area is 135 Å². The second-order valence-electron chi connectivity index (χ2n) is 6.35. The molecule has 118 valence electrons. The van der Waals surface area contributed by atoms with Crippen molar-refractivity contribution in [2.24, 2.45) is 0 Å². The number of nitrogens with one attached hydrogen (secondary N) is 2. The van der Waals surface area contributed by atoms with E-state index in [1.165, 1.54) is 0 Å². The van der Waals surface area contributed by atoms with Gasteiger partial charge in [-0.25, -0.2) is 0 Å². The molecule has 0 aromatic heterocycles. The predicted octanol–water partition coefficient (Wildman–Crippen LogP) is 3.24. The Morgan fingerprint density at radius 3 is 2.57 bits per heavy atom. The quantitative estimate of drug-likeness (QED) is 0.822. The van der Waals surface area contributed by atoms with Crippen molar-refractivity contribution in [3.8, 4) is 5.75 Å². The number of rotatable bonds is 6. The Balaban J connectivity index is 2.71. The molecule has 5 heteroatoms. The van der Waals surface area contributed by atoms with Gasteiger partial charge in [-0.2, -0.15) is 0 Å². The summed E-state index contributed by atoms with van der Waals surface area (Å²) in [5, 5.41) is 6.24. The average Bonchev–Trinajstić information content (AvgIpc) is 2.32. The summed E-state index contributed by atoms with van der Waals surface area (Å²) in [6.07, 6.45) is 0. The molecule has 0 aliphatic heterocycles. The smallest absolute Gasteiger partial charge is 0.258 e. The monoisotopic (exact) mass is 356 g/mol. The Bertz CT molecular complexity index is 482. The van der Waals surface area contributed by atoms with Crippen LogP contribution in [-0.2, 0) is 11.3 Å². The summed E-state index contributed by atoms with van der Waals surface area (Å²) < 4.78 is 6.56. The SMILES string of the molecule is CC(C)NCc1cccc(Br)c1OCC(=O)NC(C)(C)C. The molecule has 1 aromatic carbocycles. The first kappa shape index (κ1) is 18.0. The number of ether oxygens (including phenoxy) is 1. The van der Waals surface area contributed by atoms with Crippen molar-refractivity contribution < 1.29 is 9.53 Å². The summed E-state index contributed by atoms with van der Waals surface area (Å²) >= 11 is 3.48. The summed E-state index contributed by atoms with van der Waals surface area (Å²) in [6, 6.07) is 6.26. The topological polar surface area (TPSA) is 50.4 Å². The molecule has 1 amide bonds. The standard InChI is InChI=1S/C16H25BrN2O2/c1-11(2)18-9-12-7-6-8-13(17)15(12)21-10-14(20)19-16(3,4)5/h6-8,11,18H,9-10H2,1-5H3,(H,19,20). The van der Waals surface area contributed by atoms with Crippen LogP contribution in [0.3, 0.4) is 0 Å². The minimum atomic E-state index is -0.254. The van der Waals surface area contributed by atoms with Gasteiger partial charge in [0.2, 0.25) is 0 Å². The van der Waals surface area contributed by atoms with Gasteiger partial charge in [-0.15, -0.1) is 0 Å². The minimum absolute atomic E-state index is 0.00849. The molecular formula is C16H25BrN2O2. The summed E-state index contributed by atoms with van der Waals surface area (Å²) in [5.74, 6) is 0.593. The van der Waals surface area contributed by atoms with Gasteiger partial charge in [0.15, 0.2) is 6.61 Å². The minimum Gasteiger partial charge on any atom is -0.482 e. The molecule has 4 nitrogen and oxygen atoms in total. The van der Waals surface area contributed by atoms with Gasteiger partial charge >= 0.3 is 0 Å². The number of halogens is 1. The average molecular weight is 357 g/mol. The Hall–Kier alpha value is -1.07. The van der Waals surface area contributed by atoms with E-state index in [0.717, 1.165) is 15.8 Å². The Morgan fingerprint density at radius 1 is 1.33 bits per heavy atom. The summed E-state index contributed by atoms with van der Waals surface area (Å²) in [5.41, 5.74) is 0.776. The van der Waals surface area contributed by atoms with Gasteiger partial charge in [0.1, 0.15) is 5.75 Å². The van der Waals surface area contributed by atoms with Gasteiger partial charge < -0.3 is 15.4 Å². The molecule has 0 atom stereocenters. The Kier molecular flexibility index (Phi) is 6.68. The number of benzene rings is 1. The Morgan fingerprint density at radius 2 is 2.00 bits per heavy atom. The van der Waals surface area contributed by atoms with Crippen LogP contribution in [0.5, 0.6) is 5.75 Å². The van der Waals surface area contributed by atoms with E-state index in [2.05, 4.69) is 40.4 Å². The third-order valence-electron chi connectivity index (χ3n) is 2.61. The van der Waals surface area contributed by atoms with Gasteiger partial charge in [-0.1, -0.05) is 26.0 Å². The molecule has 0 bridgehead atoms. The molecule has 0 fully saturated rings. The van der Waals surface area contributed by atoms with Crippen LogP contribution in [0, 0.1) is 0 Å². The van der Waals surface area contributed by atoms with E-state index < -0.39 is 0 Å². The number of carbonyl (C=O) groups excluding carboxylic acids is 1. The largest absolute Gasteiger partial charge is 0.482 e. The number of hydrogen-bond acceptors (Lipinski definition) is 3. The third-order valence-corrected chi connectivity index (χ3v) is 3.24. The van der Waals surface area contributed by atoms with Crippen molar-refractivity contribution in [2.45, 2.75) is 52.7 Å². The highest BCUT2D eigenvalue weighted by Crippen LogP contribution is 2.29. The van der Waals surface area contributed by atoms with Crippen LogP contribution in [0.1, 0.15) is 40.2 Å². The molecular weight excluding hydrogens is 332 g/mol. The summed E-state index contributed by atoms with van der Waals surface area (Å²) in [4.78, 5) is 11.9. The van der Waals surface area contributed by atoms with Crippen LogP contribution in [0.2, 0.25) is 0 Å². The van der Waals surface area contributed by atoms with E-state index in [1.54, 1.807) is 0 Å². The lowest BCUT2D eigenvalue weighted by atomic mass is 10.1. The zero-order valence-corrected chi connectivity index (χ0v) is 15.0. The molecule has 2 N–H and O–H groups in total. The van der Waals surface area contributed by atoms with Gasteiger partial charge in [0.25, 0.3) is 5.91 Å². The maximum absolute atomic E-state index is 11.9. The zero-order chi connectivity index (χ0) is 16.0. The van der Waals surface area contributed by atoms with Crippen LogP contribution in [0.4, 0.5) is 0 Å². The maximum Gasteiger partial charge on any atom is 0.258 e. The van der Waals surface area contributed by atoms with E-state index in [0.29, 0.717) is 12.6 Å². The van der Waals surface area contributed by atoms with Crippen molar-refractivity contribution in [1.82, 2.24) is 10.6 Å². The second-order valence-corrected chi connectivity index (χ2v) is 7.20. The molecule has 0 saturated heterocycles. The second kappa shape index (κ2) is 7.80. The van der Waals surface area contributed by atoms with Crippen molar-refractivity contribution in [3.05, 3.63) is 28.2 Å². The molecule has 21 heavy (non-hydrogen) atoms. The van der Waals surface area contributed by atoms with Crippen LogP contribution < -0.4 is 15.4 Å². The van der Waals surface area contributed by atoms with Gasteiger partial charge in [-0.3, -0.25) is 4.79 Å². The van der Waals surface area contributed by atoms with Crippen molar-refractivity contribution in [2.75, 3.05) is 6.61 Å². The lowest BCUT2D eigenvalue weighted by molar-refractivity contribution is -0.124. The fraction of sp³-hybridized carbons (Fsp3) is 0.562. The van der Waals surface area contributed by atoms with Crippen LogP contribution in [0.25, 0.3) is 0 Å². The highest BCUT2D eigenvalue weighted by Gasteiger charge is 2.15. The highest BCUT2D eigenvalue weighted by molar-refractivity contribution is 9.10. The molecule has 0 unspecified atom stereocenters. The first-order valence-corrected chi connectivity index (χ1v) is 7.93. The van der Waals surface area contributed by atoms with Crippen molar-refractivity contribution >= 4 is 21.8 Å². The molecule has 0 saturated carbocycles. The first-order chi connectivity index (χ1) is 9.69. The van der Waals surface area contributed by atoms with Crippen LogP contribution in [-0.4, -0.2) is 24.1 Å².